The molecule has 0 unspecified atom stereocenters. The van der Waals surface area contributed by atoms with Gasteiger partial charge in [0.05, 0.1) is 11.9 Å². The molecule has 0 aromatic carbocycles. The molecular formula is C14H22N4O2. The van der Waals surface area contributed by atoms with E-state index in [4.69, 9.17) is 0 Å². The lowest BCUT2D eigenvalue weighted by Gasteiger charge is -2.27. The zero-order valence-corrected chi connectivity index (χ0v) is 12.1. The first-order chi connectivity index (χ1) is 9.56. The van der Waals surface area contributed by atoms with Crippen LogP contribution in [0.25, 0.3) is 0 Å². The van der Waals surface area contributed by atoms with Gasteiger partial charge in [-0.1, -0.05) is 0 Å². The summed E-state index contributed by atoms with van der Waals surface area (Å²) in [7, 11) is 3.46. The Morgan fingerprint density at radius 3 is 2.80 bits per heavy atom. The number of nitrogens with one attached hydrogen (secondary N) is 1. The van der Waals surface area contributed by atoms with Crippen LogP contribution in [0.2, 0.25) is 0 Å². The molecule has 0 aliphatic heterocycles. The van der Waals surface area contributed by atoms with Crippen LogP contribution in [0.4, 0.5) is 5.69 Å². The molecule has 0 saturated heterocycles. The Balaban J connectivity index is 1.85. The Hall–Kier alpha value is -1.85. The van der Waals surface area contributed by atoms with Gasteiger partial charge >= 0.3 is 0 Å². The number of nitrogens with zero attached hydrogens (tertiary/aromatic N) is 3. The fourth-order valence-corrected chi connectivity index (χ4v) is 2.07. The number of amides is 1. The largest absolute Gasteiger partial charge is 0.381 e. The molecule has 1 heterocycles. The van der Waals surface area contributed by atoms with Crippen molar-refractivity contribution < 1.29 is 4.79 Å². The lowest BCUT2D eigenvalue weighted by atomic mass is 9.93. The quantitative estimate of drug-likeness (QED) is 0.845. The number of aryl methyl sites for hydroxylation is 1. The Kier molecular flexibility index (Phi) is 4.76. The van der Waals surface area contributed by atoms with Gasteiger partial charge in [0.25, 0.3) is 5.56 Å². The topological polar surface area (TPSA) is 67.2 Å². The Bertz CT molecular complexity index is 520. The van der Waals surface area contributed by atoms with Gasteiger partial charge in [-0.3, -0.25) is 9.59 Å². The molecule has 1 amide bonds. The molecule has 0 radical (unpaired) electrons. The summed E-state index contributed by atoms with van der Waals surface area (Å²) in [4.78, 5) is 24.9. The standard InChI is InChI=1S/C14H22N4O2/c1-17(2)13(19)7-4-8-18-14(20)9-12(10-15-18)16-11-5-3-6-11/h9-11,16H,3-8H2,1-2H3. The molecular weight excluding hydrogens is 256 g/mol. The fraction of sp³-hybridized carbons (Fsp3) is 0.643. The minimum Gasteiger partial charge on any atom is -0.381 e. The molecule has 0 bridgehead atoms. The van der Waals surface area contributed by atoms with E-state index in [0.717, 1.165) is 18.5 Å². The number of carbonyl (C=O) groups is 1. The monoisotopic (exact) mass is 278 g/mol. The number of rotatable bonds is 6. The number of aromatic nitrogens is 2. The second kappa shape index (κ2) is 6.54. The van der Waals surface area contributed by atoms with E-state index in [9.17, 15) is 9.59 Å². The van der Waals surface area contributed by atoms with Crippen molar-refractivity contribution in [2.24, 2.45) is 0 Å². The molecule has 1 fully saturated rings. The van der Waals surface area contributed by atoms with Crippen LogP contribution in [0.3, 0.4) is 0 Å². The first-order valence-corrected chi connectivity index (χ1v) is 7.10. The van der Waals surface area contributed by atoms with Gasteiger partial charge < -0.3 is 10.2 Å². The fourth-order valence-electron chi connectivity index (χ4n) is 2.07. The molecule has 1 aliphatic rings. The van der Waals surface area contributed by atoms with E-state index in [1.165, 1.54) is 11.1 Å². The van der Waals surface area contributed by atoms with E-state index in [1.54, 1.807) is 31.3 Å². The minimum atomic E-state index is -0.119. The van der Waals surface area contributed by atoms with E-state index in [-0.39, 0.29) is 11.5 Å². The maximum Gasteiger partial charge on any atom is 0.268 e. The van der Waals surface area contributed by atoms with E-state index in [1.807, 2.05) is 0 Å². The molecule has 0 spiro atoms. The average Bonchev–Trinajstić information content (AvgIpc) is 2.36. The first kappa shape index (κ1) is 14.6. The van der Waals surface area contributed by atoms with Crippen molar-refractivity contribution >= 4 is 11.6 Å². The summed E-state index contributed by atoms with van der Waals surface area (Å²) in [5, 5.41) is 7.45. The van der Waals surface area contributed by atoms with E-state index >= 15 is 0 Å². The summed E-state index contributed by atoms with van der Waals surface area (Å²) in [6.07, 6.45) is 6.32. The summed E-state index contributed by atoms with van der Waals surface area (Å²) in [6.45, 7) is 0.474. The van der Waals surface area contributed by atoms with Crippen LogP contribution in [0.1, 0.15) is 32.1 Å². The number of hydrogen-bond donors (Lipinski definition) is 1. The summed E-state index contributed by atoms with van der Waals surface area (Å²) < 4.78 is 1.41. The van der Waals surface area contributed by atoms with E-state index in [2.05, 4.69) is 10.4 Å². The minimum absolute atomic E-state index is 0.0707. The lowest BCUT2D eigenvalue weighted by Crippen LogP contribution is -2.29. The molecule has 20 heavy (non-hydrogen) atoms. The predicted molar refractivity (Wildman–Crippen MR) is 77.7 cm³/mol. The Labute approximate surface area is 118 Å². The van der Waals surface area contributed by atoms with E-state index in [0.29, 0.717) is 25.4 Å². The third-order valence-corrected chi connectivity index (χ3v) is 3.60. The number of anilines is 1. The van der Waals surface area contributed by atoms with Gasteiger partial charge in [0.2, 0.25) is 5.91 Å². The smallest absolute Gasteiger partial charge is 0.268 e. The third kappa shape index (κ3) is 3.82. The zero-order chi connectivity index (χ0) is 14.5. The zero-order valence-electron chi connectivity index (χ0n) is 12.1. The van der Waals surface area contributed by atoms with Crippen LogP contribution >= 0.6 is 0 Å². The van der Waals surface area contributed by atoms with Crippen molar-refractivity contribution in [3.8, 4) is 0 Å². The summed E-state index contributed by atoms with van der Waals surface area (Å²) >= 11 is 0. The van der Waals surface area contributed by atoms with Crippen LogP contribution in [0.15, 0.2) is 17.1 Å². The number of carbonyl (C=O) groups excluding carboxylic acids is 1. The van der Waals surface area contributed by atoms with Crippen molar-refractivity contribution in [3.63, 3.8) is 0 Å². The van der Waals surface area contributed by atoms with Crippen LogP contribution in [-0.2, 0) is 11.3 Å². The van der Waals surface area contributed by atoms with Crippen LogP contribution < -0.4 is 10.9 Å². The van der Waals surface area contributed by atoms with Crippen LogP contribution in [0, 0.1) is 0 Å². The van der Waals surface area contributed by atoms with Crippen LogP contribution in [0.5, 0.6) is 0 Å². The van der Waals surface area contributed by atoms with Gasteiger partial charge in [-0.2, -0.15) is 5.10 Å². The highest BCUT2D eigenvalue weighted by molar-refractivity contribution is 5.75. The predicted octanol–water partition coefficient (Wildman–Crippen LogP) is 1.08. The van der Waals surface area contributed by atoms with Gasteiger partial charge in [-0.05, 0) is 25.7 Å². The molecule has 6 nitrogen and oxygen atoms in total. The van der Waals surface area contributed by atoms with Crippen molar-refractivity contribution in [2.75, 3.05) is 19.4 Å². The SMILES string of the molecule is CN(C)C(=O)CCCn1ncc(NC2CCC2)cc1=O. The number of hydrogen-bond acceptors (Lipinski definition) is 4. The molecule has 1 aliphatic carbocycles. The first-order valence-electron chi connectivity index (χ1n) is 7.10. The molecule has 6 heteroatoms. The maximum absolute atomic E-state index is 11.9. The van der Waals surface area contributed by atoms with Crippen LogP contribution in [-0.4, -0.2) is 40.7 Å². The highest BCUT2D eigenvalue weighted by atomic mass is 16.2. The molecule has 1 aromatic rings. The van der Waals surface area contributed by atoms with Gasteiger partial charge in [0, 0.05) is 39.2 Å². The summed E-state index contributed by atoms with van der Waals surface area (Å²) in [5.41, 5.74) is 0.673. The normalized spacial score (nSPS) is 14.7. The molecule has 1 saturated carbocycles. The highest BCUT2D eigenvalue weighted by Gasteiger charge is 2.17. The Morgan fingerprint density at radius 2 is 2.25 bits per heavy atom. The summed E-state index contributed by atoms with van der Waals surface area (Å²) in [5.74, 6) is 0.0707. The van der Waals surface area contributed by atoms with Crippen molar-refractivity contribution in [2.45, 2.75) is 44.7 Å². The summed E-state index contributed by atoms with van der Waals surface area (Å²) in [6, 6.07) is 2.07. The van der Waals surface area contributed by atoms with Crippen molar-refractivity contribution in [1.82, 2.24) is 14.7 Å². The molecule has 1 N–H and O–H groups in total. The maximum atomic E-state index is 11.9. The molecule has 110 valence electrons. The Morgan fingerprint density at radius 1 is 1.50 bits per heavy atom. The second-order valence-electron chi connectivity index (χ2n) is 5.47. The molecule has 2 rings (SSSR count). The van der Waals surface area contributed by atoms with Gasteiger partial charge in [-0.15, -0.1) is 0 Å². The molecule has 1 aromatic heterocycles. The average molecular weight is 278 g/mol. The van der Waals surface area contributed by atoms with Gasteiger partial charge in [0.15, 0.2) is 0 Å². The van der Waals surface area contributed by atoms with Gasteiger partial charge in [-0.25, -0.2) is 4.68 Å². The van der Waals surface area contributed by atoms with E-state index < -0.39 is 0 Å². The van der Waals surface area contributed by atoms with Crippen molar-refractivity contribution in [1.29, 1.82) is 0 Å². The van der Waals surface area contributed by atoms with Gasteiger partial charge in [0.1, 0.15) is 0 Å². The highest BCUT2D eigenvalue weighted by Crippen LogP contribution is 2.21. The lowest BCUT2D eigenvalue weighted by molar-refractivity contribution is -0.128. The molecule has 0 atom stereocenters. The van der Waals surface area contributed by atoms with Crippen molar-refractivity contribution in [3.05, 3.63) is 22.6 Å². The third-order valence-electron chi connectivity index (χ3n) is 3.60. The second-order valence-corrected chi connectivity index (χ2v) is 5.47.